The van der Waals surface area contributed by atoms with Gasteiger partial charge in [0.25, 0.3) is 0 Å². The summed E-state index contributed by atoms with van der Waals surface area (Å²) in [5, 5.41) is 18.3. The number of aliphatic hydroxyl groups excluding tert-OH is 1. The molecule has 4 amide bonds. The molecule has 1 aromatic rings. The van der Waals surface area contributed by atoms with Crippen LogP contribution in [0.5, 0.6) is 0 Å². The second kappa shape index (κ2) is 13.4. The van der Waals surface area contributed by atoms with E-state index < -0.39 is 54.4 Å². The molecule has 0 bridgehead atoms. The molecule has 2 unspecified atom stereocenters. The van der Waals surface area contributed by atoms with Crippen molar-refractivity contribution < 1.29 is 33.5 Å². The van der Waals surface area contributed by atoms with Crippen molar-refractivity contribution in [2.75, 3.05) is 25.0 Å². The van der Waals surface area contributed by atoms with Crippen LogP contribution in [0, 0.1) is 17.7 Å². The Balaban J connectivity index is 0.000000920. The highest BCUT2D eigenvalue weighted by molar-refractivity contribution is 6.39. The van der Waals surface area contributed by atoms with Crippen LogP contribution in [0.2, 0.25) is 0 Å². The number of piperidine rings is 1. The number of carbonyl (C=O) groups is 5. The Kier molecular flexibility index (Phi) is 10.6. The van der Waals surface area contributed by atoms with E-state index in [0.717, 1.165) is 18.4 Å². The number of halogens is 1. The van der Waals surface area contributed by atoms with Crippen LogP contribution in [0.25, 0.3) is 0 Å². The first-order valence-electron chi connectivity index (χ1n) is 11.3. The van der Waals surface area contributed by atoms with E-state index in [2.05, 4.69) is 28.2 Å². The third-order valence-corrected chi connectivity index (χ3v) is 5.40. The van der Waals surface area contributed by atoms with Crippen molar-refractivity contribution in [1.29, 1.82) is 0 Å². The molecular formula is C23H31FN4O6. The first-order valence-corrected chi connectivity index (χ1v) is 11.3. The van der Waals surface area contributed by atoms with Crippen LogP contribution in [0.1, 0.15) is 39.0 Å². The van der Waals surface area contributed by atoms with Crippen LogP contribution in [0.3, 0.4) is 0 Å². The number of para-hydroxylation sites is 1. The first kappa shape index (κ1) is 26.9. The van der Waals surface area contributed by atoms with Gasteiger partial charge in [0.1, 0.15) is 12.4 Å². The summed E-state index contributed by atoms with van der Waals surface area (Å²) in [7, 11) is 0. The molecule has 2 fully saturated rings. The summed E-state index contributed by atoms with van der Waals surface area (Å²) in [6.07, 6.45) is 4.26. The number of nitrogens with one attached hydrogen (secondary N) is 4. The lowest BCUT2D eigenvalue weighted by Crippen LogP contribution is -2.50. The fourth-order valence-corrected chi connectivity index (χ4v) is 3.12. The zero-order valence-corrected chi connectivity index (χ0v) is 19.1. The zero-order chi connectivity index (χ0) is 25.1. The van der Waals surface area contributed by atoms with Gasteiger partial charge in [0, 0.05) is 12.5 Å². The molecule has 34 heavy (non-hydrogen) atoms. The third-order valence-electron chi connectivity index (χ3n) is 5.40. The molecule has 186 valence electrons. The van der Waals surface area contributed by atoms with Crippen LogP contribution in [-0.4, -0.2) is 60.3 Å². The average molecular weight is 479 g/mol. The smallest absolute Gasteiger partial charge is 0.313 e. The number of aliphatic hydroxyl groups is 1. The fourth-order valence-electron chi connectivity index (χ4n) is 3.12. The van der Waals surface area contributed by atoms with Crippen molar-refractivity contribution in [3.63, 3.8) is 0 Å². The van der Waals surface area contributed by atoms with Gasteiger partial charge >= 0.3 is 11.8 Å². The summed E-state index contributed by atoms with van der Waals surface area (Å²) < 4.78 is 13.5. The monoisotopic (exact) mass is 478 g/mol. The summed E-state index contributed by atoms with van der Waals surface area (Å²) in [5.41, 5.74) is -0.193. The number of Topliss-reactive ketones (excluding diaryl/α,β-unsaturated/α-hetero) is 1. The fraction of sp³-hybridized carbons (Fsp3) is 0.522. The topological polar surface area (TPSA) is 154 Å². The molecular weight excluding hydrogens is 447 g/mol. The van der Waals surface area contributed by atoms with Crippen LogP contribution in [0.15, 0.2) is 24.3 Å². The maximum Gasteiger partial charge on any atom is 0.313 e. The Labute approximate surface area is 197 Å². The van der Waals surface area contributed by atoms with Gasteiger partial charge in [-0.1, -0.05) is 31.9 Å². The second-order valence-electron chi connectivity index (χ2n) is 8.41. The molecule has 1 saturated carbocycles. The lowest BCUT2D eigenvalue weighted by atomic mass is 9.90. The number of amides is 4. The number of benzene rings is 1. The Hall–Kier alpha value is -3.34. The van der Waals surface area contributed by atoms with Crippen LogP contribution >= 0.6 is 0 Å². The lowest BCUT2D eigenvalue weighted by molar-refractivity contribution is -0.137. The maximum atomic E-state index is 13.5. The number of hydrogen-bond donors (Lipinski definition) is 5. The van der Waals surface area contributed by atoms with E-state index in [4.69, 9.17) is 5.11 Å². The number of carbonyl (C=O) groups excluding carboxylic acids is 5. The highest BCUT2D eigenvalue weighted by atomic mass is 19.1. The molecule has 2 atom stereocenters. The normalized spacial score (nSPS) is 17.9. The Morgan fingerprint density at radius 1 is 1.15 bits per heavy atom. The highest BCUT2D eigenvalue weighted by Crippen LogP contribution is 2.26. The molecule has 10 nitrogen and oxygen atoms in total. The predicted molar refractivity (Wildman–Crippen MR) is 121 cm³/mol. The minimum atomic E-state index is -1.18. The molecule has 5 N–H and O–H groups in total. The van der Waals surface area contributed by atoms with Gasteiger partial charge in [-0.15, -0.1) is 0 Å². The summed E-state index contributed by atoms with van der Waals surface area (Å²) >= 11 is 0. The maximum absolute atomic E-state index is 13.5. The van der Waals surface area contributed by atoms with Gasteiger partial charge in [0.05, 0.1) is 18.3 Å². The molecule has 1 aromatic carbocycles. The number of ketones is 1. The van der Waals surface area contributed by atoms with Gasteiger partial charge in [-0.2, -0.15) is 0 Å². The van der Waals surface area contributed by atoms with Gasteiger partial charge in [0.2, 0.25) is 11.8 Å². The van der Waals surface area contributed by atoms with Crippen LogP contribution < -0.4 is 21.3 Å². The van der Waals surface area contributed by atoms with E-state index in [1.165, 1.54) is 31.0 Å². The highest BCUT2D eigenvalue weighted by Gasteiger charge is 2.29. The molecule has 1 aliphatic carbocycles. The van der Waals surface area contributed by atoms with E-state index in [-0.39, 0.29) is 18.0 Å². The van der Waals surface area contributed by atoms with E-state index in [0.29, 0.717) is 13.0 Å². The van der Waals surface area contributed by atoms with Crippen molar-refractivity contribution in [2.45, 2.75) is 45.1 Å². The molecule has 1 heterocycles. The van der Waals surface area contributed by atoms with Gasteiger partial charge in [-0.3, -0.25) is 24.0 Å². The molecule has 1 saturated heterocycles. The van der Waals surface area contributed by atoms with E-state index in [1.54, 1.807) is 0 Å². The molecule has 0 radical (unpaired) electrons. The van der Waals surface area contributed by atoms with Crippen molar-refractivity contribution in [3.8, 4) is 0 Å². The lowest BCUT2D eigenvalue weighted by Gasteiger charge is -2.26. The molecule has 0 aromatic heterocycles. The molecule has 3 rings (SSSR count). The van der Waals surface area contributed by atoms with E-state index in [1.807, 2.05) is 0 Å². The first-order chi connectivity index (χ1) is 16.2. The van der Waals surface area contributed by atoms with Crippen molar-refractivity contribution in [2.24, 2.45) is 11.8 Å². The van der Waals surface area contributed by atoms with Crippen LogP contribution in [-0.2, 0) is 24.0 Å². The Morgan fingerprint density at radius 2 is 1.82 bits per heavy atom. The quantitative estimate of drug-likeness (QED) is 0.338. The number of hydrogen-bond acceptors (Lipinski definition) is 6. The number of anilines is 1. The molecule has 0 spiro atoms. The van der Waals surface area contributed by atoms with Crippen LogP contribution in [0.4, 0.5) is 10.1 Å². The van der Waals surface area contributed by atoms with Gasteiger partial charge in [0.15, 0.2) is 5.78 Å². The second-order valence-corrected chi connectivity index (χ2v) is 8.41. The summed E-state index contributed by atoms with van der Waals surface area (Å²) in [6, 6.07) is 4.14. The average Bonchev–Trinajstić information content (AvgIpc) is 3.61. The zero-order valence-electron chi connectivity index (χ0n) is 19.1. The third kappa shape index (κ3) is 9.26. The molecule has 11 heteroatoms. The van der Waals surface area contributed by atoms with Crippen molar-refractivity contribution in [3.05, 3.63) is 30.1 Å². The standard InChI is InChI=1S/C19H23FN4O6.C4H8/c20-12-5-1-2-6-13(12)24-19(30)18(29)22-9-16(27)23-14(15(26)10-25)8-11-4-3-7-21-17(11)28;1-4-2-3-4/h1-2,5-6,11,14,25H,3-4,7-10H2,(H,21,28)(H,22,29)(H,23,27)(H,24,30);4H,2-3H2,1H3. The van der Waals surface area contributed by atoms with Crippen molar-refractivity contribution in [1.82, 2.24) is 16.0 Å². The minimum absolute atomic E-state index is 0.0126. The van der Waals surface area contributed by atoms with Gasteiger partial charge < -0.3 is 26.4 Å². The van der Waals surface area contributed by atoms with Crippen molar-refractivity contribution >= 4 is 35.1 Å². The summed E-state index contributed by atoms with van der Waals surface area (Å²) in [6.45, 7) is 1.37. The van der Waals surface area contributed by atoms with E-state index in [9.17, 15) is 28.4 Å². The largest absolute Gasteiger partial charge is 0.389 e. The summed E-state index contributed by atoms with van der Waals surface area (Å²) in [4.78, 5) is 59.5. The number of rotatable bonds is 8. The SMILES string of the molecule is CC1CC1.O=C(CNC(=O)C(=O)Nc1ccccc1F)NC(CC1CCCNC1=O)C(=O)CO. The minimum Gasteiger partial charge on any atom is -0.389 e. The summed E-state index contributed by atoms with van der Waals surface area (Å²) in [5.74, 6) is -4.17. The molecule has 2 aliphatic rings. The van der Waals surface area contributed by atoms with E-state index >= 15 is 0 Å². The van der Waals surface area contributed by atoms with Gasteiger partial charge in [-0.05, 0) is 37.3 Å². The molecule has 1 aliphatic heterocycles. The Bertz CT molecular complexity index is 905. The van der Waals surface area contributed by atoms with Gasteiger partial charge in [-0.25, -0.2) is 4.39 Å². The Morgan fingerprint density at radius 3 is 2.41 bits per heavy atom. The predicted octanol–water partition coefficient (Wildman–Crippen LogP) is 0.259.